The Morgan fingerprint density at radius 1 is 0.848 bits per heavy atom. The molecule has 0 bridgehead atoms. The fourth-order valence-corrected chi connectivity index (χ4v) is 3.49. The molecule has 0 aliphatic rings. The van der Waals surface area contributed by atoms with Crippen LogP contribution in [0.3, 0.4) is 0 Å². The molecule has 0 rings (SSSR count). The summed E-state index contributed by atoms with van der Waals surface area (Å²) >= 11 is 0. The number of ketones is 1. The molecule has 0 saturated heterocycles. The number of rotatable bonds is 24. The first-order valence-corrected chi connectivity index (χ1v) is 13.0. The summed E-state index contributed by atoms with van der Waals surface area (Å²) in [6, 6.07) is 0. The minimum atomic E-state index is -1.01. The van der Waals surface area contributed by atoms with Crippen molar-refractivity contribution in [3.05, 3.63) is 12.2 Å². The van der Waals surface area contributed by atoms with Crippen LogP contribution in [0.15, 0.2) is 12.2 Å². The number of hydrogen-bond acceptors (Lipinski definition) is 5. The smallest absolute Gasteiger partial charge is 0.303 e. The maximum absolute atomic E-state index is 12.0. The lowest BCUT2D eigenvalue weighted by Crippen LogP contribution is -2.32. The van der Waals surface area contributed by atoms with Crippen LogP contribution in [0.1, 0.15) is 116 Å². The summed E-state index contributed by atoms with van der Waals surface area (Å²) in [6.07, 6.45) is 20.4. The summed E-state index contributed by atoms with van der Waals surface area (Å²) < 4.78 is 5.34. The van der Waals surface area contributed by atoms with Crippen molar-refractivity contribution in [1.82, 2.24) is 5.32 Å². The molecule has 0 radical (unpaired) electrons. The number of aliphatic carboxylic acids is 1. The Morgan fingerprint density at radius 3 is 2.03 bits per heavy atom. The first kappa shape index (κ1) is 31.3. The summed E-state index contributed by atoms with van der Waals surface area (Å²) in [6.45, 7) is 2.69. The molecule has 1 amide bonds. The summed E-state index contributed by atoms with van der Waals surface area (Å²) in [4.78, 5) is 33.7. The van der Waals surface area contributed by atoms with E-state index in [1.165, 1.54) is 57.8 Å². The van der Waals surface area contributed by atoms with Crippen LogP contribution < -0.4 is 11.1 Å². The van der Waals surface area contributed by atoms with Gasteiger partial charge >= 0.3 is 5.97 Å². The molecule has 1 unspecified atom stereocenters. The van der Waals surface area contributed by atoms with Gasteiger partial charge in [-0.15, -0.1) is 0 Å². The SMILES string of the molecule is CCCCCCCC/C=C\CCCCCCCC(=O)CC(N)OCCNC(=O)CCC(=O)O. The van der Waals surface area contributed by atoms with Gasteiger partial charge in [0.1, 0.15) is 12.0 Å². The van der Waals surface area contributed by atoms with Crippen LogP contribution in [0.5, 0.6) is 0 Å². The average molecular weight is 469 g/mol. The van der Waals surface area contributed by atoms with Crippen molar-refractivity contribution < 1.29 is 24.2 Å². The number of Topliss-reactive ketones (excluding diaryl/α,β-unsaturated/α-hetero) is 1. The van der Waals surface area contributed by atoms with E-state index in [4.69, 9.17) is 15.6 Å². The molecule has 0 aliphatic carbocycles. The zero-order chi connectivity index (χ0) is 24.6. The molecule has 33 heavy (non-hydrogen) atoms. The maximum atomic E-state index is 12.0. The van der Waals surface area contributed by atoms with Gasteiger partial charge in [0.05, 0.1) is 13.0 Å². The summed E-state index contributed by atoms with van der Waals surface area (Å²) in [5, 5.41) is 11.1. The molecule has 4 N–H and O–H groups in total. The van der Waals surface area contributed by atoms with E-state index in [1.54, 1.807) is 0 Å². The van der Waals surface area contributed by atoms with E-state index >= 15 is 0 Å². The summed E-state index contributed by atoms with van der Waals surface area (Å²) in [5.41, 5.74) is 5.81. The van der Waals surface area contributed by atoms with Crippen LogP contribution in [0, 0.1) is 0 Å². The van der Waals surface area contributed by atoms with Crippen molar-refractivity contribution >= 4 is 17.7 Å². The van der Waals surface area contributed by atoms with Gasteiger partial charge < -0.3 is 20.9 Å². The van der Waals surface area contributed by atoms with Gasteiger partial charge in [0.15, 0.2) is 0 Å². The molecule has 0 aromatic carbocycles. The van der Waals surface area contributed by atoms with Gasteiger partial charge in [0.2, 0.25) is 5.91 Å². The highest BCUT2D eigenvalue weighted by Crippen LogP contribution is 2.11. The second-order valence-electron chi connectivity index (χ2n) is 8.73. The Bertz CT molecular complexity index is 537. The van der Waals surface area contributed by atoms with Crippen LogP contribution in [-0.2, 0) is 19.1 Å². The van der Waals surface area contributed by atoms with Crippen LogP contribution in [0.4, 0.5) is 0 Å². The Kier molecular flexibility index (Phi) is 22.2. The monoisotopic (exact) mass is 468 g/mol. The maximum Gasteiger partial charge on any atom is 0.303 e. The van der Waals surface area contributed by atoms with Crippen molar-refractivity contribution in [2.45, 2.75) is 122 Å². The van der Waals surface area contributed by atoms with E-state index in [-0.39, 0.29) is 44.1 Å². The number of hydrogen-bond donors (Lipinski definition) is 3. The van der Waals surface area contributed by atoms with Crippen LogP contribution in [-0.4, -0.2) is 42.1 Å². The largest absolute Gasteiger partial charge is 0.481 e. The topological polar surface area (TPSA) is 119 Å². The molecule has 0 heterocycles. The van der Waals surface area contributed by atoms with Crippen LogP contribution in [0.2, 0.25) is 0 Å². The molecule has 0 aliphatic heterocycles. The Balaban J connectivity index is 3.45. The van der Waals surface area contributed by atoms with E-state index in [0.717, 1.165) is 25.7 Å². The molecule has 7 nitrogen and oxygen atoms in total. The van der Waals surface area contributed by atoms with Gasteiger partial charge in [-0.05, 0) is 32.1 Å². The fraction of sp³-hybridized carbons (Fsp3) is 0.808. The highest BCUT2D eigenvalue weighted by molar-refractivity contribution is 5.80. The number of nitrogens with two attached hydrogens (primary N) is 1. The molecule has 7 heteroatoms. The molecule has 0 fully saturated rings. The third-order valence-corrected chi connectivity index (χ3v) is 5.47. The minimum absolute atomic E-state index is 0.0597. The van der Waals surface area contributed by atoms with E-state index < -0.39 is 12.2 Å². The number of allylic oxidation sites excluding steroid dienone is 2. The highest BCUT2D eigenvalue weighted by Gasteiger charge is 2.10. The van der Waals surface area contributed by atoms with Crippen LogP contribution in [0.25, 0.3) is 0 Å². The Labute approximate surface area is 200 Å². The standard InChI is InChI=1S/C26H48N2O5/c1-2-3-4-5-6-7-8-9-10-11-12-13-14-15-16-17-23(29)22-24(27)33-21-20-28-25(30)18-19-26(31)32/h9-10,24H,2-8,11-22,27H2,1H3,(H,28,30)(H,31,32)/b10-9-. The van der Waals surface area contributed by atoms with Crippen molar-refractivity contribution in [2.75, 3.05) is 13.2 Å². The predicted molar refractivity (Wildman–Crippen MR) is 133 cm³/mol. The number of amides is 1. The van der Waals surface area contributed by atoms with Crippen molar-refractivity contribution in [2.24, 2.45) is 5.73 Å². The van der Waals surface area contributed by atoms with Gasteiger partial charge in [-0.1, -0.05) is 70.4 Å². The third-order valence-electron chi connectivity index (χ3n) is 5.47. The lowest BCUT2D eigenvalue weighted by Gasteiger charge is -2.12. The normalized spacial score (nSPS) is 12.2. The molecule has 192 valence electrons. The minimum Gasteiger partial charge on any atom is -0.481 e. The molecule has 0 aromatic heterocycles. The average Bonchev–Trinajstić information content (AvgIpc) is 2.77. The molecular weight excluding hydrogens is 420 g/mol. The van der Waals surface area contributed by atoms with Gasteiger partial charge in [-0.25, -0.2) is 0 Å². The number of carboxylic acid groups (broad SMARTS) is 1. The summed E-state index contributed by atoms with van der Waals surface area (Å²) in [5.74, 6) is -1.24. The number of carboxylic acids is 1. The summed E-state index contributed by atoms with van der Waals surface area (Å²) in [7, 11) is 0. The van der Waals surface area contributed by atoms with Crippen molar-refractivity contribution in [3.8, 4) is 0 Å². The van der Waals surface area contributed by atoms with Gasteiger partial charge in [-0.2, -0.15) is 0 Å². The first-order chi connectivity index (χ1) is 16.0. The zero-order valence-corrected chi connectivity index (χ0v) is 20.8. The molecular formula is C26H48N2O5. The number of nitrogens with one attached hydrogen (secondary N) is 1. The second-order valence-corrected chi connectivity index (χ2v) is 8.73. The van der Waals surface area contributed by atoms with Crippen molar-refractivity contribution in [3.63, 3.8) is 0 Å². The molecule has 0 saturated carbocycles. The van der Waals surface area contributed by atoms with Gasteiger partial charge in [0, 0.05) is 25.8 Å². The lowest BCUT2D eigenvalue weighted by atomic mass is 10.1. The van der Waals surface area contributed by atoms with Gasteiger partial charge in [0.25, 0.3) is 0 Å². The lowest BCUT2D eigenvalue weighted by molar-refractivity contribution is -0.138. The van der Waals surface area contributed by atoms with E-state index in [2.05, 4.69) is 24.4 Å². The molecule has 0 spiro atoms. The number of unbranched alkanes of at least 4 members (excludes halogenated alkanes) is 11. The Hall–Kier alpha value is -1.73. The highest BCUT2D eigenvalue weighted by atomic mass is 16.5. The second kappa shape index (κ2) is 23.4. The van der Waals surface area contributed by atoms with Gasteiger partial charge in [-0.3, -0.25) is 14.4 Å². The zero-order valence-electron chi connectivity index (χ0n) is 20.8. The number of carbonyl (C=O) groups excluding carboxylic acids is 2. The first-order valence-electron chi connectivity index (χ1n) is 13.0. The number of ether oxygens (including phenoxy) is 1. The Morgan fingerprint density at radius 2 is 1.42 bits per heavy atom. The predicted octanol–water partition coefficient (Wildman–Crippen LogP) is 5.27. The van der Waals surface area contributed by atoms with Crippen LogP contribution >= 0.6 is 0 Å². The van der Waals surface area contributed by atoms with E-state index in [1.807, 2.05) is 0 Å². The molecule has 0 aromatic rings. The van der Waals surface area contributed by atoms with E-state index in [9.17, 15) is 14.4 Å². The quantitative estimate of drug-likeness (QED) is 0.101. The number of carbonyl (C=O) groups is 3. The van der Waals surface area contributed by atoms with E-state index in [0.29, 0.717) is 6.42 Å². The fourth-order valence-electron chi connectivity index (χ4n) is 3.49. The molecule has 1 atom stereocenters. The third kappa shape index (κ3) is 24.7. The van der Waals surface area contributed by atoms with Crippen molar-refractivity contribution in [1.29, 1.82) is 0 Å².